The fraction of sp³-hybridized carbons (Fsp3) is 0.778. The Labute approximate surface area is 154 Å². The second-order valence-corrected chi connectivity index (χ2v) is 7.92. The molecule has 1 aromatic heterocycles. The van der Waals surface area contributed by atoms with E-state index in [1.165, 1.54) is 18.2 Å². The fourth-order valence-electron chi connectivity index (χ4n) is 3.70. The Morgan fingerprint density at radius 3 is 2.88 bits per heavy atom. The standard InChI is InChI=1S/C18H29N3O3S/c1-13-14(11-22)16(20-17(19-13)25-3)21-9-6-8-18(2,12-21)24-15-7-4-5-10-23-15/h15,22H,4-12H2,1-3H3. The second kappa shape index (κ2) is 8.20. The first-order chi connectivity index (χ1) is 12.0. The SMILES string of the molecule is CSc1nc(C)c(CO)c(N2CCCC(C)(OC3CCCCO3)C2)n1. The second-order valence-electron chi connectivity index (χ2n) is 7.14. The van der Waals surface area contributed by atoms with Crippen LogP contribution in [-0.2, 0) is 16.1 Å². The van der Waals surface area contributed by atoms with Crippen LogP contribution >= 0.6 is 11.8 Å². The molecule has 0 aromatic carbocycles. The summed E-state index contributed by atoms with van der Waals surface area (Å²) in [5.74, 6) is 0.846. The predicted molar refractivity (Wildman–Crippen MR) is 99.0 cm³/mol. The Kier molecular flexibility index (Phi) is 6.20. The highest BCUT2D eigenvalue weighted by Crippen LogP contribution is 2.33. The Hall–Kier alpha value is -0.890. The fourth-order valence-corrected chi connectivity index (χ4v) is 4.10. The number of nitrogens with zero attached hydrogens (tertiary/aromatic N) is 3. The molecule has 1 aromatic rings. The quantitative estimate of drug-likeness (QED) is 0.634. The van der Waals surface area contributed by atoms with Crippen molar-refractivity contribution in [1.29, 1.82) is 0 Å². The molecule has 140 valence electrons. The first-order valence-electron chi connectivity index (χ1n) is 9.11. The molecule has 2 aliphatic heterocycles. The lowest BCUT2D eigenvalue weighted by Crippen LogP contribution is -2.50. The van der Waals surface area contributed by atoms with Gasteiger partial charge in [-0.2, -0.15) is 0 Å². The minimum Gasteiger partial charge on any atom is -0.391 e. The molecule has 3 rings (SSSR count). The number of aliphatic hydroxyl groups is 1. The smallest absolute Gasteiger partial charge is 0.189 e. The number of ether oxygens (including phenoxy) is 2. The van der Waals surface area contributed by atoms with Gasteiger partial charge in [-0.25, -0.2) is 9.97 Å². The molecule has 0 bridgehead atoms. The molecule has 2 aliphatic rings. The summed E-state index contributed by atoms with van der Waals surface area (Å²) in [6.07, 6.45) is 7.19. The largest absolute Gasteiger partial charge is 0.391 e. The molecule has 2 unspecified atom stereocenters. The van der Waals surface area contributed by atoms with E-state index in [1.807, 2.05) is 13.2 Å². The van der Waals surface area contributed by atoms with Crippen molar-refractivity contribution in [3.05, 3.63) is 11.3 Å². The molecule has 1 N–H and O–H groups in total. The van der Waals surface area contributed by atoms with Gasteiger partial charge < -0.3 is 19.5 Å². The van der Waals surface area contributed by atoms with Gasteiger partial charge in [0.2, 0.25) is 0 Å². The molecule has 0 spiro atoms. The third-order valence-electron chi connectivity index (χ3n) is 5.02. The van der Waals surface area contributed by atoms with Gasteiger partial charge in [-0.3, -0.25) is 0 Å². The van der Waals surface area contributed by atoms with Crippen molar-refractivity contribution in [1.82, 2.24) is 9.97 Å². The number of aliphatic hydroxyl groups excluding tert-OH is 1. The number of aromatic nitrogens is 2. The van der Waals surface area contributed by atoms with E-state index in [2.05, 4.69) is 21.8 Å². The van der Waals surface area contributed by atoms with E-state index in [0.717, 1.165) is 67.6 Å². The molecular weight excluding hydrogens is 338 g/mol. The van der Waals surface area contributed by atoms with Gasteiger partial charge in [-0.1, -0.05) is 11.8 Å². The van der Waals surface area contributed by atoms with Gasteiger partial charge in [0, 0.05) is 31.0 Å². The summed E-state index contributed by atoms with van der Waals surface area (Å²) < 4.78 is 12.1. The molecule has 2 fully saturated rings. The van der Waals surface area contributed by atoms with E-state index >= 15 is 0 Å². The van der Waals surface area contributed by atoms with Crippen molar-refractivity contribution in [2.45, 2.75) is 69.6 Å². The molecule has 0 radical (unpaired) electrons. The molecule has 2 atom stereocenters. The summed E-state index contributed by atoms with van der Waals surface area (Å²) >= 11 is 1.53. The van der Waals surface area contributed by atoms with Crippen molar-refractivity contribution < 1.29 is 14.6 Å². The summed E-state index contributed by atoms with van der Waals surface area (Å²) in [4.78, 5) is 11.4. The maximum atomic E-state index is 9.82. The van der Waals surface area contributed by atoms with Gasteiger partial charge in [0.15, 0.2) is 11.4 Å². The number of thioether (sulfide) groups is 1. The Bertz CT molecular complexity index is 595. The lowest BCUT2D eigenvalue weighted by molar-refractivity contribution is -0.221. The van der Waals surface area contributed by atoms with Gasteiger partial charge in [0.25, 0.3) is 0 Å². The minimum atomic E-state index is -0.259. The van der Waals surface area contributed by atoms with Crippen molar-refractivity contribution in [2.24, 2.45) is 0 Å². The van der Waals surface area contributed by atoms with Crippen LogP contribution in [0.15, 0.2) is 5.16 Å². The molecule has 3 heterocycles. The van der Waals surface area contributed by atoms with Gasteiger partial charge in [-0.15, -0.1) is 0 Å². The van der Waals surface area contributed by atoms with Gasteiger partial charge in [0.1, 0.15) is 5.82 Å². The normalized spacial score (nSPS) is 27.5. The zero-order chi connectivity index (χ0) is 17.9. The molecule has 0 aliphatic carbocycles. The van der Waals surface area contributed by atoms with Crippen LogP contribution in [0.5, 0.6) is 0 Å². The van der Waals surface area contributed by atoms with Gasteiger partial charge in [0.05, 0.1) is 12.2 Å². The molecule has 2 saturated heterocycles. The first-order valence-corrected chi connectivity index (χ1v) is 10.3. The molecule has 6 nitrogen and oxygen atoms in total. The first kappa shape index (κ1) is 18.9. The maximum absolute atomic E-state index is 9.82. The monoisotopic (exact) mass is 367 g/mol. The van der Waals surface area contributed by atoms with E-state index < -0.39 is 0 Å². The summed E-state index contributed by atoms with van der Waals surface area (Å²) in [5.41, 5.74) is 1.40. The highest BCUT2D eigenvalue weighted by molar-refractivity contribution is 7.98. The zero-order valence-corrected chi connectivity index (χ0v) is 16.3. The van der Waals surface area contributed by atoms with Crippen LogP contribution in [-0.4, -0.2) is 52.9 Å². The summed E-state index contributed by atoms with van der Waals surface area (Å²) in [6, 6.07) is 0. The van der Waals surface area contributed by atoms with Crippen LogP contribution < -0.4 is 4.90 Å². The highest BCUT2D eigenvalue weighted by atomic mass is 32.2. The minimum absolute atomic E-state index is 0.0460. The maximum Gasteiger partial charge on any atom is 0.189 e. The van der Waals surface area contributed by atoms with Crippen LogP contribution in [0.4, 0.5) is 5.82 Å². The van der Waals surface area contributed by atoms with Crippen LogP contribution in [0.25, 0.3) is 0 Å². The van der Waals surface area contributed by atoms with Crippen molar-refractivity contribution in [2.75, 3.05) is 30.9 Å². The molecule has 0 amide bonds. The van der Waals surface area contributed by atoms with E-state index in [4.69, 9.17) is 9.47 Å². The Morgan fingerprint density at radius 1 is 1.36 bits per heavy atom. The molecule has 7 heteroatoms. The van der Waals surface area contributed by atoms with E-state index in [1.54, 1.807) is 0 Å². The number of piperidine rings is 1. The van der Waals surface area contributed by atoms with E-state index in [0.29, 0.717) is 0 Å². The number of anilines is 1. The van der Waals surface area contributed by atoms with E-state index in [-0.39, 0.29) is 18.5 Å². The third-order valence-corrected chi connectivity index (χ3v) is 5.57. The lowest BCUT2D eigenvalue weighted by Gasteiger charge is -2.43. The third kappa shape index (κ3) is 4.45. The van der Waals surface area contributed by atoms with Crippen LogP contribution in [0.3, 0.4) is 0 Å². The summed E-state index contributed by atoms with van der Waals surface area (Å²) in [5, 5.41) is 10.6. The molecule has 25 heavy (non-hydrogen) atoms. The molecular formula is C18H29N3O3S. The average Bonchev–Trinajstić information content (AvgIpc) is 2.61. The van der Waals surface area contributed by atoms with Gasteiger partial charge >= 0.3 is 0 Å². The topological polar surface area (TPSA) is 67.7 Å². The number of aryl methyl sites for hydroxylation is 1. The Balaban J connectivity index is 1.79. The van der Waals surface area contributed by atoms with Crippen LogP contribution in [0.2, 0.25) is 0 Å². The number of rotatable bonds is 5. The average molecular weight is 368 g/mol. The van der Waals surface area contributed by atoms with Crippen LogP contribution in [0, 0.1) is 6.92 Å². The summed E-state index contributed by atoms with van der Waals surface area (Å²) in [7, 11) is 0. The number of hydrogen-bond acceptors (Lipinski definition) is 7. The Morgan fingerprint density at radius 2 is 2.20 bits per heavy atom. The highest BCUT2D eigenvalue weighted by Gasteiger charge is 2.36. The van der Waals surface area contributed by atoms with E-state index in [9.17, 15) is 5.11 Å². The van der Waals surface area contributed by atoms with Gasteiger partial charge in [-0.05, 0) is 52.2 Å². The number of hydrogen-bond donors (Lipinski definition) is 1. The van der Waals surface area contributed by atoms with Crippen molar-refractivity contribution >= 4 is 17.6 Å². The van der Waals surface area contributed by atoms with Crippen LogP contribution in [0.1, 0.15) is 50.3 Å². The predicted octanol–water partition coefficient (Wildman–Crippen LogP) is 2.90. The van der Waals surface area contributed by atoms with Crippen molar-refractivity contribution in [3.8, 4) is 0 Å². The zero-order valence-electron chi connectivity index (χ0n) is 15.5. The summed E-state index contributed by atoms with van der Waals surface area (Å²) in [6.45, 7) is 6.52. The lowest BCUT2D eigenvalue weighted by atomic mass is 9.94. The molecule has 0 saturated carbocycles. The van der Waals surface area contributed by atoms with Crippen molar-refractivity contribution in [3.63, 3.8) is 0 Å².